The molecule has 5 heteroatoms. The van der Waals surface area contributed by atoms with E-state index in [9.17, 15) is 9.59 Å². The molecule has 0 aliphatic carbocycles. The predicted octanol–water partition coefficient (Wildman–Crippen LogP) is 4.54. The molecule has 0 saturated carbocycles. The molecule has 5 nitrogen and oxygen atoms in total. The van der Waals surface area contributed by atoms with Gasteiger partial charge < -0.3 is 14.5 Å². The Morgan fingerprint density at radius 3 is 1.48 bits per heavy atom. The smallest absolute Gasteiger partial charge is 0.355 e. The molecular weight excluding hydrogens is 342 g/mol. The van der Waals surface area contributed by atoms with Gasteiger partial charge >= 0.3 is 11.9 Å². The number of nitrogens with one attached hydrogen (secondary N) is 1. The van der Waals surface area contributed by atoms with Crippen LogP contribution in [0.25, 0.3) is 22.3 Å². The fourth-order valence-corrected chi connectivity index (χ4v) is 3.19. The van der Waals surface area contributed by atoms with Gasteiger partial charge in [0, 0.05) is 11.1 Å². The zero-order valence-electron chi connectivity index (χ0n) is 15.8. The average Bonchev–Trinajstić information content (AvgIpc) is 3.07. The van der Waals surface area contributed by atoms with Crippen molar-refractivity contribution in [2.75, 3.05) is 14.2 Å². The van der Waals surface area contributed by atoms with Crippen LogP contribution in [0.2, 0.25) is 0 Å². The second-order valence-corrected chi connectivity index (χ2v) is 6.35. The number of aromatic nitrogens is 1. The van der Waals surface area contributed by atoms with Gasteiger partial charge in [-0.2, -0.15) is 0 Å². The van der Waals surface area contributed by atoms with Crippen molar-refractivity contribution in [3.63, 3.8) is 0 Å². The lowest BCUT2D eigenvalue weighted by Crippen LogP contribution is -2.06. The Labute approximate surface area is 157 Å². The number of ether oxygens (including phenoxy) is 2. The fourth-order valence-electron chi connectivity index (χ4n) is 3.19. The summed E-state index contributed by atoms with van der Waals surface area (Å²) in [5, 5.41) is 0. The van der Waals surface area contributed by atoms with Crippen molar-refractivity contribution < 1.29 is 19.1 Å². The molecule has 0 fully saturated rings. The first-order valence-corrected chi connectivity index (χ1v) is 8.53. The SMILES string of the molecule is COC(=O)c1[nH]c(C(=O)OC)c(-c2cccc(C)c2)c1-c1cccc(C)c1. The summed E-state index contributed by atoms with van der Waals surface area (Å²) in [6, 6.07) is 15.5. The van der Waals surface area contributed by atoms with E-state index in [-0.39, 0.29) is 11.4 Å². The summed E-state index contributed by atoms with van der Waals surface area (Å²) < 4.78 is 9.90. The van der Waals surface area contributed by atoms with Crippen LogP contribution in [0.4, 0.5) is 0 Å². The standard InChI is InChI=1S/C22H21NO4/c1-13-7-5-9-15(11-13)17-18(16-10-6-8-14(2)12-16)20(22(25)27-4)23-19(17)21(24)26-3/h5-12,23H,1-4H3. The van der Waals surface area contributed by atoms with Crippen LogP contribution in [0.5, 0.6) is 0 Å². The summed E-state index contributed by atoms with van der Waals surface area (Å²) in [6.45, 7) is 3.95. The van der Waals surface area contributed by atoms with Gasteiger partial charge in [0.2, 0.25) is 0 Å². The molecule has 0 atom stereocenters. The number of aromatic amines is 1. The molecule has 0 bridgehead atoms. The van der Waals surface area contributed by atoms with Crippen molar-refractivity contribution in [2.45, 2.75) is 13.8 Å². The zero-order chi connectivity index (χ0) is 19.6. The average molecular weight is 363 g/mol. The summed E-state index contributed by atoms with van der Waals surface area (Å²) >= 11 is 0. The van der Waals surface area contributed by atoms with Gasteiger partial charge in [0.15, 0.2) is 0 Å². The van der Waals surface area contributed by atoms with Crippen LogP contribution in [-0.2, 0) is 9.47 Å². The van der Waals surface area contributed by atoms with E-state index in [0.29, 0.717) is 11.1 Å². The highest BCUT2D eigenvalue weighted by Crippen LogP contribution is 2.39. The minimum atomic E-state index is -0.546. The molecule has 0 spiro atoms. The van der Waals surface area contributed by atoms with Crippen molar-refractivity contribution in [1.29, 1.82) is 0 Å². The van der Waals surface area contributed by atoms with E-state index in [1.54, 1.807) is 0 Å². The number of carbonyl (C=O) groups is 2. The second-order valence-electron chi connectivity index (χ2n) is 6.35. The van der Waals surface area contributed by atoms with Crippen molar-refractivity contribution in [3.8, 4) is 22.3 Å². The highest BCUT2D eigenvalue weighted by atomic mass is 16.5. The first kappa shape index (κ1) is 18.5. The third kappa shape index (κ3) is 3.49. The predicted molar refractivity (Wildman–Crippen MR) is 104 cm³/mol. The van der Waals surface area contributed by atoms with Gasteiger partial charge in [-0.1, -0.05) is 59.7 Å². The molecule has 27 heavy (non-hydrogen) atoms. The third-order valence-corrected chi connectivity index (χ3v) is 4.39. The monoisotopic (exact) mass is 363 g/mol. The highest BCUT2D eigenvalue weighted by molar-refractivity contribution is 6.08. The van der Waals surface area contributed by atoms with Crippen molar-refractivity contribution in [2.24, 2.45) is 0 Å². The van der Waals surface area contributed by atoms with Crippen molar-refractivity contribution >= 4 is 11.9 Å². The van der Waals surface area contributed by atoms with Crippen molar-refractivity contribution in [3.05, 3.63) is 71.0 Å². The van der Waals surface area contributed by atoms with E-state index in [1.807, 2.05) is 62.4 Å². The minimum Gasteiger partial charge on any atom is -0.464 e. The molecule has 0 amide bonds. The first-order chi connectivity index (χ1) is 13.0. The molecule has 3 rings (SSSR count). The molecule has 2 aromatic carbocycles. The molecule has 1 aromatic heterocycles. The van der Waals surface area contributed by atoms with Crippen molar-refractivity contribution in [1.82, 2.24) is 4.98 Å². The molecule has 0 aliphatic rings. The van der Waals surface area contributed by atoms with Crippen LogP contribution in [-0.4, -0.2) is 31.1 Å². The summed E-state index contributed by atoms with van der Waals surface area (Å²) in [7, 11) is 2.63. The molecule has 3 aromatic rings. The summed E-state index contributed by atoms with van der Waals surface area (Å²) in [5.74, 6) is -1.09. The Kier molecular flexibility index (Phi) is 5.12. The molecule has 138 valence electrons. The molecule has 0 saturated heterocycles. The van der Waals surface area contributed by atoms with Gasteiger partial charge in [-0.05, 0) is 25.0 Å². The molecule has 0 unspecified atom stereocenters. The maximum atomic E-state index is 12.5. The lowest BCUT2D eigenvalue weighted by molar-refractivity contribution is 0.0591. The Bertz CT molecular complexity index is 937. The number of benzene rings is 2. The Morgan fingerprint density at radius 1 is 0.741 bits per heavy atom. The summed E-state index contributed by atoms with van der Waals surface area (Å²) in [6.07, 6.45) is 0. The van der Waals surface area contributed by atoms with Crippen LogP contribution >= 0.6 is 0 Å². The fraction of sp³-hybridized carbons (Fsp3) is 0.182. The van der Waals surface area contributed by atoms with Gasteiger partial charge in [0.25, 0.3) is 0 Å². The maximum absolute atomic E-state index is 12.5. The quantitative estimate of drug-likeness (QED) is 0.691. The second kappa shape index (κ2) is 7.50. The molecule has 0 radical (unpaired) electrons. The van der Waals surface area contributed by atoms with E-state index in [4.69, 9.17) is 9.47 Å². The van der Waals surface area contributed by atoms with Gasteiger partial charge in [-0.25, -0.2) is 9.59 Å². The van der Waals surface area contributed by atoms with E-state index in [0.717, 1.165) is 22.3 Å². The van der Waals surface area contributed by atoms with Crippen LogP contribution in [0.1, 0.15) is 32.1 Å². The Morgan fingerprint density at radius 2 is 1.15 bits per heavy atom. The van der Waals surface area contributed by atoms with E-state index < -0.39 is 11.9 Å². The minimum absolute atomic E-state index is 0.222. The third-order valence-electron chi connectivity index (χ3n) is 4.39. The maximum Gasteiger partial charge on any atom is 0.355 e. The van der Waals surface area contributed by atoms with E-state index in [1.165, 1.54) is 14.2 Å². The zero-order valence-corrected chi connectivity index (χ0v) is 15.8. The number of methoxy groups -OCH3 is 2. The number of rotatable bonds is 4. The number of H-pyrrole nitrogens is 1. The lowest BCUT2D eigenvalue weighted by atomic mass is 9.93. The van der Waals surface area contributed by atoms with Gasteiger partial charge in [-0.3, -0.25) is 0 Å². The highest BCUT2D eigenvalue weighted by Gasteiger charge is 2.28. The van der Waals surface area contributed by atoms with Crippen LogP contribution < -0.4 is 0 Å². The number of carbonyl (C=O) groups excluding carboxylic acids is 2. The van der Waals surface area contributed by atoms with E-state index in [2.05, 4.69) is 4.98 Å². The number of hydrogen-bond donors (Lipinski definition) is 1. The number of hydrogen-bond acceptors (Lipinski definition) is 4. The lowest BCUT2D eigenvalue weighted by Gasteiger charge is -2.10. The molecule has 1 heterocycles. The Hall–Kier alpha value is -3.34. The largest absolute Gasteiger partial charge is 0.464 e. The molecule has 0 aliphatic heterocycles. The van der Waals surface area contributed by atoms with Gasteiger partial charge in [-0.15, -0.1) is 0 Å². The Balaban J connectivity index is 2.42. The first-order valence-electron chi connectivity index (χ1n) is 8.53. The number of aryl methyl sites for hydroxylation is 2. The van der Waals surface area contributed by atoms with E-state index >= 15 is 0 Å². The summed E-state index contributed by atoms with van der Waals surface area (Å²) in [5.41, 5.74) is 5.41. The van der Waals surface area contributed by atoms with Gasteiger partial charge in [0.1, 0.15) is 11.4 Å². The molecule has 1 N–H and O–H groups in total. The van der Waals surface area contributed by atoms with Crippen LogP contribution in [0.15, 0.2) is 48.5 Å². The topological polar surface area (TPSA) is 68.4 Å². The number of esters is 2. The summed E-state index contributed by atoms with van der Waals surface area (Å²) in [4.78, 5) is 27.9. The normalized spacial score (nSPS) is 10.5. The van der Waals surface area contributed by atoms with Gasteiger partial charge in [0.05, 0.1) is 14.2 Å². The van der Waals surface area contributed by atoms with Crippen LogP contribution in [0.3, 0.4) is 0 Å². The van der Waals surface area contributed by atoms with Crippen LogP contribution in [0, 0.1) is 13.8 Å². The molecular formula is C22H21NO4.